The molecule has 0 aromatic heterocycles. The van der Waals surface area contributed by atoms with Crippen LogP contribution in [0.15, 0.2) is 16.7 Å². The summed E-state index contributed by atoms with van der Waals surface area (Å²) in [5, 5.41) is 0. The minimum absolute atomic E-state index is 0. The Morgan fingerprint density at radius 3 is 1.50 bits per heavy atom. The first-order valence-corrected chi connectivity index (χ1v) is 2.96. The molecule has 1 aliphatic rings. The molecule has 74 valence electrons. The molecule has 0 heterocycles. The summed E-state index contributed by atoms with van der Waals surface area (Å²) in [5.41, 5.74) is 4.25. The minimum Gasteiger partial charge on any atom is -0.358 e. The van der Waals surface area contributed by atoms with Gasteiger partial charge in [0.1, 0.15) is 0 Å². The van der Waals surface area contributed by atoms with Crippen LogP contribution in [-0.2, 0) is 21.1 Å². The van der Waals surface area contributed by atoms with Crippen molar-refractivity contribution < 1.29 is 21.1 Å². The van der Waals surface area contributed by atoms with Crippen LogP contribution in [0.25, 0.3) is 0 Å². The van der Waals surface area contributed by atoms with Crippen molar-refractivity contribution in [3.63, 3.8) is 0 Å². The Labute approximate surface area is 93.4 Å². The van der Waals surface area contributed by atoms with Gasteiger partial charge < -0.3 is 22.3 Å². The van der Waals surface area contributed by atoms with Gasteiger partial charge in [0.25, 0.3) is 0 Å². The summed E-state index contributed by atoms with van der Waals surface area (Å²) in [6, 6.07) is 0. The van der Waals surface area contributed by atoms with E-state index in [-0.39, 0.29) is 43.3 Å². The van der Waals surface area contributed by atoms with Crippen molar-refractivity contribution >= 4 is 0 Å². The van der Waals surface area contributed by atoms with Crippen molar-refractivity contribution in [3.8, 4) is 0 Å². The van der Waals surface area contributed by atoms with Gasteiger partial charge in [0.2, 0.25) is 0 Å². The van der Waals surface area contributed by atoms with Crippen LogP contribution in [0.2, 0.25) is 0 Å². The Hall–Kier alpha value is 0.168. The van der Waals surface area contributed by atoms with Crippen LogP contribution in [0.5, 0.6) is 0 Å². The van der Waals surface area contributed by atoms with Crippen molar-refractivity contribution in [2.45, 2.75) is 27.2 Å². The first kappa shape index (κ1) is 22.7. The Morgan fingerprint density at radius 1 is 1.00 bits per heavy atom. The molecule has 0 aromatic rings. The normalized spacial score (nSPS) is 13.1. The fourth-order valence-electron chi connectivity index (χ4n) is 0.850. The monoisotopic (exact) mass is 347 g/mol. The number of hydrogen-bond acceptors (Lipinski definition) is 0. The van der Waals surface area contributed by atoms with Crippen LogP contribution in [0.3, 0.4) is 0 Å². The Bertz CT molecular complexity index is 158. The van der Waals surface area contributed by atoms with Gasteiger partial charge in [0, 0.05) is 0 Å². The molecule has 0 aromatic carbocycles. The molecule has 0 amide bonds. The molecule has 1 rings (SSSR count). The summed E-state index contributed by atoms with van der Waals surface area (Å²) in [4.78, 5) is 0. The summed E-state index contributed by atoms with van der Waals surface area (Å²) in [7, 11) is 0. The maximum Gasteiger partial charge on any atom is 4.00 e. The van der Waals surface area contributed by atoms with Crippen molar-refractivity contribution in [1.82, 2.24) is 0 Å². The van der Waals surface area contributed by atoms with Crippen molar-refractivity contribution in [2.75, 3.05) is 0 Å². The second-order valence-corrected chi connectivity index (χ2v) is 2.38. The molecule has 0 saturated carbocycles. The van der Waals surface area contributed by atoms with Gasteiger partial charge in [-0.3, -0.25) is 6.08 Å². The zero-order valence-electron chi connectivity index (χ0n) is 9.02. The molecule has 0 aliphatic heterocycles. The third-order valence-corrected chi connectivity index (χ3v) is 1.82. The molecular formula is C11H20Pt. The molecule has 0 fully saturated rings. The molecular weight excluding hydrogens is 327 g/mol. The largest absolute Gasteiger partial charge is 4.00 e. The Balaban J connectivity index is -0.0000000800. The molecule has 0 bridgehead atoms. The van der Waals surface area contributed by atoms with Gasteiger partial charge in [0.05, 0.1) is 0 Å². The fourth-order valence-corrected chi connectivity index (χ4v) is 0.850. The molecule has 0 atom stereocenters. The summed E-state index contributed by atoms with van der Waals surface area (Å²) in [5.74, 6) is 0. The predicted octanol–water partition coefficient (Wildman–Crippen LogP) is 3.82. The summed E-state index contributed by atoms with van der Waals surface area (Å²) in [6.45, 7) is 6.44. The van der Waals surface area contributed by atoms with Crippen LogP contribution < -0.4 is 0 Å². The van der Waals surface area contributed by atoms with E-state index in [1.807, 2.05) is 0 Å². The maximum atomic E-state index is 3.26. The van der Waals surface area contributed by atoms with Crippen molar-refractivity contribution in [2.24, 2.45) is 0 Å². The summed E-state index contributed by atoms with van der Waals surface area (Å²) in [6.07, 6.45) is 4.31. The van der Waals surface area contributed by atoms with E-state index in [0.29, 0.717) is 0 Å². The van der Waals surface area contributed by atoms with E-state index in [0.717, 1.165) is 6.42 Å². The molecule has 1 aliphatic carbocycles. The van der Waals surface area contributed by atoms with Gasteiger partial charge >= 0.3 is 21.1 Å². The van der Waals surface area contributed by atoms with Crippen LogP contribution in [0.1, 0.15) is 27.2 Å². The smallest absolute Gasteiger partial charge is 0.358 e. The SMILES string of the molecule is CC1=[C-]CC(C)=C1C.[CH3-].[CH3-].[CH3-].[Pt+4]. The van der Waals surface area contributed by atoms with Gasteiger partial charge in [-0.25, -0.2) is 5.57 Å². The second kappa shape index (κ2) is 9.26. The first-order chi connectivity index (χ1) is 3.72. The third-order valence-electron chi connectivity index (χ3n) is 1.82. The van der Waals surface area contributed by atoms with Crippen LogP contribution in [-0.4, -0.2) is 0 Å². The minimum atomic E-state index is 0. The van der Waals surface area contributed by atoms with Gasteiger partial charge in [0.15, 0.2) is 0 Å². The number of allylic oxidation sites excluding steroid dienone is 4. The Kier molecular flexibility index (Phi) is 17.5. The van der Waals surface area contributed by atoms with Crippen LogP contribution >= 0.6 is 0 Å². The molecule has 0 nitrogen and oxygen atoms in total. The van der Waals surface area contributed by atoms with E-state index >= 15 is 0 Å². The van der Waals surface area contributed by atoms with Gasteiger partial charge in [-0.2, -0.15) is 11.1 Å². The molecule has 1 heteroatoms. The standard InChI is InChI=1S/C8H11.3CH3.Pt/c1-6-4-5-7(2)8(6)3;;;;/h4H2,1-3H3;3*1H3;/q4*-1;+4. The van der Waals surface area contributed by atoms with E-state index < -0.39 is 0 Å². The topological polar surface area (TPSA) is 0 Å². The van der Waals surface area contributed by atoms with E-state index in [4.69, 9.17) is 0 Å². The van der Waals surface area contributed by atoms with Crippen molar-refractivity contribution in [3.05, 3.63) is 45.1 Å². The van der Waals surface area contributed by atoms with Gasteiger partial charge in [-0.15, -0.1) is 13.3 Å². The average molecular weight is 347 g/mol. The number of rotatable bonds is 0. The molecule has 0 N–H and O–H groups in total. The second-order valence-electron chi connectivity index (χ2n) is 2.38. The quantitative estimate of drug-likeness (QED) is 0.585. The number of hydrogen-bond donors (Lipinski definition) is 0. The molecule has 0 radical (unpaired) electrons. The van der Waals surface area contributed by atoms with E-state index in [9.17, 15) is 0 Å². The van der Waals surface area contributed by atoms with Crippen LogP contribution in [0.4, 0.5) is 0 Å². The first-order valence-electron chi connectivity index (χ1n) is 2.96. The molecule has 0 spiro atoms. The molecule has 0 unspecified atom stereocenters. The third kappa shape index (κ3) is 4.93. The maximum absolute atomic E-state index is 3.26. The van der Waals surface area contributed by atoms with Gasteiger partial charge in [-0.05, 0) is 0 Å². The zero-order valence-corrected chi connectivity index (χ0v) is 11.3. The summed E-state index contributed by atoms with van der Waals surface area (Å²) < 4.78 is 0. The van der Waals surface area contributed by atoms with Crippen molar-refractivity contribution in [1.29, 1.82) is 0 Å². The predicted molar refractivity (Wildman–Crippen MR) is 54.7 cm³/mol. The van der Waals surface area contributed by atoms with E-state index in [2.05, 4.69) is 26.8 Å². The van der Waals surface area contributed by atoms with Crippen LogP contribution in [0, 0.1) is 28.4 Å². The Morgan fingerprint density at radius 2 is 1.42 bits per heavy atom. The molecule has 0 saturated heterocycles. The van der Waals surface area contributed by atoms with E-state index in [1.165, 1.54) is 16.7 Å². The van der Waals surface area contributed by atoms with Gasteiger partial charge in [-0.1, -0.05) is 13.8 Å². The average Bonchev–Trinajstić information content (AvgIpc) is 1.98. The zero-order chi connectivity index (χ0) is 6.15. The fraction of sp³-hybridized carbons (Fsp3) is 0.364. The molecule has 12 heavy (non-hydrogen) atoms. The van der Waals surface area contributed by atoms with E-state index in [1.54, 1.807) is 0 Å². The summed E-state index contributed by atoms with van der Waals surface area (Å²) >= 11 is 0.